The molecule has 96 valence electrons. The molecule has 0 aromatic heterocycles. The minimum absolute atomic E-state index is 0.165. The molecule has 1 aromatic rings. The lowest BCUT2D eigenvalue weighted by Crippen LogP contribution is -2.13. The Kier molecular flexibility index (Phi) is 5.68. The van der Waals surface area contributed by atoms with Crippen LogP contribution >= 0.6 is 15.9 Å². The van der Waals surface area contributed by atoms with E-state index >= 15 is 0 Å². The number of benzene rings is 1. The Morgan fingerprint density at radius 3 is 2.24 bits per heavy atom. The van der Waals surface area contributed by atoms with Crippen molar-refractivity contribution >= 4 is 15.9 Å². The van der Waals surface area contributed by atoms with Crippen molar-refractivity contribution in [3.63, 3.8) is 0 Å². The van der Waals surface area contributed by atoms with E-state index in [2.05, 4.69) is 67.9 Å². The maximum atomic E-state index is 5.95. The third-order valence-corrected chi connectivity index (χ3v) is 3.35. The molecule has 1 rings (SSSR count). The molecule has 1 unspecified atom stereocenters. The lowest BCUT2D eigenvalue weighted by Gasteiger charge is -2.21. The first-order valence-corrected chi connectivity index (χ1v) is 7.28. The molecule has 0 fully saturated rings. The van der Waals surface area contributed by atoms with Gasteiger partial charge in [-0.1, -0.05) is 66.5 Å². The molecule has 1 atom stereocenters. The van der Waals surface area contributed by atoms with E-state index in [1.54, 1.807) is 0 Å². The standard InChI is InChI=1S/C15H23BrO/c1-12-5-7-13(8-6-12)14(11-16)17-10-9-15(2,3)4/h5-8,14H,9-11H2,1-4H3. The van der Waals surface area contributed by atoms with Crippen molar-refractivity contribution in [1.82, 2.24) is 0 Å². The summed E-state index contributed by atoms with van der Waals surface area (Å²) >= 11 is 3.53. The summed E-state index contributed by atoms with van der Waals surface area (Å²) in [4.78, 5) is 0. The predicted molar refractivity (Wildman–Crippen MR) is 77.7 cm³/mol. The minimum Gasteiger partial charge on any atom is -0.373 e. The van der Waals surface area contributed by atoms with Crippen molar-refractivity contribution in [2.75, 3.05) is 11.9 Å². The number of halogens is 1. The molecule has 0 amide bonds. The highest BCUT2D eigenvalue weighted by molar-refractivity contribution is 9.09. The van der Waals surface area contributed by atoms with Crippen LogP contribution in [0.4, 0.5) is 0 Å². The zero-order valence-electron chi connectivity index (χ0n) is 11.3. The number of ether oxygens (including phenoxy) is 1. The van der Waals surface area contributed by atoms with E-state index in [1.165, 1.54) is 11.1 Å². The van der Waals surface area contributed by atoms with Crippen LogP contribution in [0.1, 0.15) is 44.4 Å². The van der Waals surface area contributed by atoms with Crippen LogP contribution < -0.4 is 0 Å². The van der Waals surface area contributed by atoms with Gasteiger partial charge in [-0.2, -0.15) is 0 Å². The van der Waals surface area contributed by atoms with Crippen LogP contribution in [-0.2, 0) is 4.74 Å². The molecule has 1 aromatic carbocycles. The van der Waals surface area contributed by atoms with Gasteiger partial charge in [-0.05, 0) is 24.3 Å². The normalized spacial score (nSPS) is 13.7. The van der Waals surface area contributed by atoms with Gasteiger partial charge in [-0.3, -0.25) is 0 Å². The summed E-state index contributed by atoms with van der Waals surface area (Å²) in [6.07, 6.45) is 1.25. The average Bonchev–Trinajstić information content (AvgIpc) is 2.24. The lowest BCUT2D eigenvalue weighted by molar-refractivity contribution is 0.0521. The van der Waals surface area contributed by atoms with E-state index in [-0.39, 0.29) is 6.10 Å². The fourth-order valence-electron chi connectivity index (χ4n) is 1.52. The number of alkyl halides is 1. The Balaban J connectivity index is 2.51. The fraction of sp³-hybridized carbons (Fsp3) is 0.600. The Morgan fingerprint density at radius 1 is 1.18 bits per heavy atom. The van der Waals surface area contributed by atoms with Gasteiger partial charge < -0.3 is 4.74 Å². The van der Waals surface area contributed by atoms with Crippen LogP contribution in [-0.4, -0.2) is 11.9 Å². The molecule has 0 radical (unpaired) electrons. The third kappa shape index (κ3) is 5.69. The van der Waals surface area contributed by atoms with Crippen LogP contribution in [0.15, 0.2) is 24.3 Å². The van der Waals surface area contributed by atoms with Crippen LogP contribution in [0.2, 0.25) is 0 Å². The van der Waals surface area contributed by atoms with Crippen molar-refractivity contribution in [3.8, 4) is 0 Å². The molecule has 0 spiro atoms. The highest BCUT2D eigenvalue weighted by Gasteiger charge is 2.14. The molecular formula is C15H23BrO. The summed E-state index contributed by atoms with van der Waals surface area (Å²) in [5.41, 5.74) is 2.88. The van der Waals surface area contributed by atoms with Crippen molar-refractivity contribution in [2.45, 2.75) is 40.2 Å². The summed E-state index contributed by atoms with van der Waals surface area (Å²) in [6.45, 7) is 9.64. The molecule has 17 heavy (non-hydrogen) atoms. The summed E-state index contributed by atoms with van der Waals surface area (Å²) in [5.74, 6) is 0. The fourth-order valence-corrected chi connectivity index (χ4v) is 2.08. The molecule has 0 aliphatic rings. The maximum absolute atomic E-state index is 5.95. The summed E-state index contributed by atoms with van der Waals surface area (Å²) < 4.78 is 5.95. The Hall–Kier alpha value is -0.340. The zero-order chi connectivity index (χ0) is 12.9. The number of aryl methyl sites for hydroxylation is 1. The SMILES string of the molecule is Cc1ccc(C(CBr)OCCC(C)(C)C)cc1. The molecular weight excluding hydrogens is 276 g/mol. The monoisotopic (exact) mass is 298 g/mol. The highest BCUT2D eigenvalue weighted by atomic mass is 79.9. The third-order valence-electron chi connectivity index (χ3n) is 2.76. The molecule has 0 aliphatic carbocycles. The van der Waals surface area contributed by atoms with Gasteiger partial charge in [0.2, 0.25) is 0 Å². The largest absolute Gasteiger partial charge is 0.373 e. The van der Waals surface area contributed by atoms with E-state index in [4.69, 9.17) is 4.74 Å². The van der Waals surface area contributed by atoms with E-state index in [1.807, 2.05) is 0 Å². The first-order valence-electron chi connectivity index (χ1n) is 6.16. The van der Waals surface area contributed by atoms with Gasteiger partial charge in [0.1, 0.15) is 0 Å². The van der Waals surface area contributed by atoms with E-state index in [0.717, 1.165) is 18.4 Å². The lowest BCUT2D eigenvalue weighted by atomic mass is 9.93. The molecule has 2 heteroatoms. The van der Waals surface area contributed by atoms with E-state index in [0.29, 0.717) is 5.41 Å². The van der Waals surface area contributed by atoms with Crippen molar-refractivity contribution in [1.29, 1.82) is 0 Å². The first kappa shape index (κ1) is 14.7. The Morgan fingerprint density at radius 2 is 1.76 bits per heavy atom. The van der Waals surface area contributed by atoms with E-state index < -0.39 is 0 Å². The van der Waals surface area contributed by atoms with Gasteiger partial charge in [-0.15, -0.1) is 0 Å². The molecule has 0 bridgehead atoms. The second-order valence-electron chi connectivity index (χ2n) is 5.74. The topological polar surface area (TPSA) is 9.23 Å². The molecule has 0 aliphatic heterocycles. The molecule has 0 saturated carbocycles. The first-order chi connectivity index (χ1) is 7.92. The van der Waals surface area contributed by atoms with Gasteiger partial charge in [0, 0.05) is 11.9 Å². The molecule has 1 nitrogen and oxygen atoms in total. The van der Waals surface area contributed by atoms with E-state index in [9.17, 15) is 0 Å². The number of hydrogen-bond donors (Lipinski definition) is 0. The van der Waals surface area contributed by atoms with Gasteiger partial charge in [-0.25, -0.2) is 0 Å². The molecule has 0 heterocycles. The summed E-state index contributed by atoms with van der Waals surface area (Å²) in [6, 6.07) is 8.58. The smallest absolute Gasteiger partial charge is 0.0921 e. The van der Waals surface area contributed by atoms with Crippen LogP contribution in [0.5, 0.6) is 0 Å². The average molecular weight is 299 g/mol. The van der Waals surface area contributed by atoms with Crippen LogP contribution in [0.3, 0.4) is 0 Å². The quantitative estimate of drug-likeness (QED) is 0.704. The summed E-state index contributed by atoms with van der Waals surface area (Å²) in [7, 11) is 0. The molecule has 0 saturated heterocycles. The number of rotatable bonds is 5. The van der Waals surface area contributed by atoms with Crippen molar-refractivity contribution in [2.24, 2.45) is 5.41 Å². The second-order valence-corrected chi connectivity index (χ2v) is 6.38. The van der Waals surface area contributed by atoms with Gasteiger partial charge >= 0.3 is 0 Å². The van der Waals surface area contributed by atoms with Crippen LogP contribution in [0.25, 0.3) is 0 Å². The Labute approximate surface area is 114 Å². The van der Waals surface area contributed by atoms with Crippen LogP contribution in [0, 0.1) is 12.3 Å². The molecule has 0 N–H and O–H groups in total. The minimum atomic E-state index is 0.165. The summed E-state index contributed by atoms with van der Waals surface area (Å²) in [5, 5.41) is 0.847. The van der Waals surface area contributed by atoms with Crippen molar-refractivity contribution < 1.29 is 4.74 Å². The van der Waals surface area contributed by atoms with Gasteiger partial charge in [0.05, 0.1) is 6.10 Å². The predicted octanol–water partition coefficient (Wildman–Crippen LogP) is 4.88. The number of hydrogen-bond acceptors (Lipinski definition) is 1. The second kappa shape index (κ2) is 6.55. The Bertz CT molecular complexity index is 324. The highest BCUT2D eigenvalue weighted by Crippen LogP contribution is 2.23. The zero-order valence-corrected chi connectivity index (χ0v) is 12.9. The van der Waals surface area contributed by atoms with Crippen molar-refractivity contribution in [3.05, 3.63) is 35.4 Å². The van der Waals surface area contributed by atoms with Gasteiger partial charge in [0.25, 0.3) is 0 Å². The maximum Gasteiger partial charge on any atom is 0.0921 e. The van der Waals surface area contributed by atoms with Gasteiger partial charge in [0.15, 0.2) is 0 Å².